The number of hydrogen-bond acceptors (Lipinski definition) is 4. The van der Waals surface area contributed by atoms with Crippen LogP contribution in [0.1, 0.15) is 23.2 Å². The molecule has 1 amide bonds. The largest absolute Gasteiger partial charge is 0.506 e. The molecule has 2 aromatic carbocycles. The van der Waals surface area contributed by atoms with Crippen molar-refractivity contribution < 1.29 is 15.1 Å². The average molecular weight is 287 g/mol. The number of benzene rings is 2. The fourth-order valence-electron chi connectivity index (χ4n) is 2.06. The Morgan fingerprint density at radius 2 is 2.00 bits per heavy atom. The summed E-state index contributed by atoms with van der Waals surface area (Å²) in [6.07, 6.45) is 0.941. The van der Waals surface area contributed by atoms with Crippen molar-refractivity contribution in [2.75, 3.05) is 6.54 Å². The molecule has 0 aliphatic carbocycles. The molecule has 0 saturated carbocycles. The van der Waals surface area contributed by atoms with E-state index in [0.717, 1.165) is 5.39 Å². The molecular weight excluding hydrogens is 270 g/mol. The third-order valence-corrected chi connectivity index (χ3v) is 3.17. The van der Waals surface area contributed by atoms with Gasteiger partial charge in [0.15, 0.2) is 0 Å². The lowest BCUT2D eigenvalue weighted by Gasteiger charge is -2.09. The Morgan fingerprint density at radius 1 is 1.24 bits per heavy atom. The van der Waals surface area contributed by atoms with Crippen molar-refractivity contribution in [3.8, 4) is 5.75 Å². The van der Waals surface area contributed by atoms with Gasteiger partial charge in [0.05, 0.1) is 5.56 Å². The zero-order valence-electron chi connectivity index (χ0n) is 11.4. The van der Waals surface area contributed by atoms with Gasteiger partial charge in [-0.25, -0.2) is 0 Å². The Balaban J connectivity index is 2.04. The van der Waals surface area contributed by atoms with Crippen LogP contribution in [0.5, 0.6) is 5.75 Å². The molecule has 110 valence electrons. The third-order valence-electron chi connectivity index (χ3n) is 3.17. The number of oxime groups is 1. The van der Waals surface area contributed by atoms with Crippen molar-refractivity contribution in [2.24, 2.45) is 10.9 Å². The first-order valence-corrected chi connectivity index (χ1v) is 6.59. The Labute approximate surface area is 121 Å². The number of nitrogens with one attached hydrogen (secondary N) is 1. The Bertz CT molecular complexity index is 683. The van der Waals surface area contributed by atoms with Gasteiger partial charge in [-0.3, -0.25) is 4.79 Å². The van der Waals surface area contributed by atoms with Crippen LogP contribution in [-0.2, 0) is 0 Å². The second-order valence-electron chi connectivity index (χ2n) is 4.63. The first-order valence-electron chi connectivity index (χ1n) is 6.59. The summed E-state index contributed by atoms with van der Waals surface area (Å²) in [4.78, 5) is 12.0. The fourth-order valence-corrected chi connectivity index (χ4v) is 2.06. The zero-order valence-corrected chi connectivity index (χ0v) is 11.4. The summed E-state index contributed by atoms with van der Waals surface area (Å²) in [6, 6.07) is 10.7. The smallest absolute Gasteiger partial charge is 0.255 e. The SMILES string of the molecule is NC(CCCNC(=O)c1ccc2ccccc2c1O)=NO. The van der Waals surface area contributed by atoms with Gasteiger partial charge in [-0.05, 0) is 17.9 Å². The molecular formula is C15H17N3O3. The van der Waals surface area contributed by atoms with Crippen LogP contribution < -0.4 is 11.1 Å². The summed E-state index contributed by atoms with van der Waals surface area (Å²) >= 11 is 0. The highest BCUT2D eigenvalue weighted by molar-refractivity contribution is 6.03. The zero-order chi connectivity index (χ0) is 15.2. The number of hydrogen-bond donors (Lipinski definition) is 4. The van der Waals surface area contributed by atoms with E-state index in [1.54, 1.807) is 24.3 Å². The second kappa shape index (κ2) is 6.60. The predicted molar refractivity (Wildman–Crippen MR) is 80.6 cm³/mol. The van der Waals surface area contributed by atoms with Crippen molar-refractivity contribution in [3.63, 3.8) is 0 Å². The molecule has 0 spiro atoms. The third kappa shape index (κ3) is 3.42. The molecule has 2 rings (SSSR count). The van der Waals surface area contributed by atoms with Crippen LogP contribution in [0.3, 0.4) is 0 Å². The molecule has 0 aliphatic heterocycles. The van der Waals surface area contributed by atoms with Crippen LogP contribution in [0.4, 0.5) is 0 Å². The molecule has 0 atom stereocenters. The van der Waals surface area contributed by atoms with Crippen LogP contribution in [0.15, 0.2) is 41.6 Å². The summed E-state index contributed by atoms with van der Waals surface area (Å²) < 4.78 is 0. The van der Waals surface area contributed by atoms with Crippen LogP contribution in [0.2, 0.25) is 0 Å². The van der Waals surface area contributed by atoms with Crippen molar-refractivity contribution >= 4 is 22.5 Å². The average Bonchev–Trinajstić information content (AvgIpc) is 2.51. The molecule has 6 nitrogen and oxygen atoms in total. The molecule has 0 fully saturated rings. The van der Waals surface area contributed by atoms with E-state index in [1.807, 2.05) is 12.1 Å². The summed E-state index contributed by atoms with van der Waals surface area (Å²) in [5.41, 5.74) is 5.57. The van der Waals surface area contributed by atoms with Crippen LogP contribution >= 0.6 is 0 Å². The van der Waals surface area contributed by atoms with Crippen molar-refractivity contribution in [2.45, 2.75) is 12.8 Å². The van der Waals surface area contributed by atoms with E-state index in [1.165, 1.54) is 0 Å². The molecule has 5 N–H and O–H groups in total. The molecule has 2 aromatic rings. The van der Waals surface area contributed by atoms with E-state index in [4.69, 9.17) is 10.9 Å². The topological polar surface area (TPSA) is 108 Å². The fraction of sp³-hybridized carbons (Fsp3) is 0.200. The molecule has 0 bridgehead atoms. The molecule has 0 aliphatic rings. The lowest BCUT2D eigenvalue weighted by Crippen LogP contribution is -2.25. The van der Waals surface area contributed by atoms with Gasteiger partial charge < -0.3 is 21.4 Å². The summed E-state index contributed by atoms with van der Waals surface area (Å²) in [6.45, 7) is 0.376. The lowest BCUT2D eigenvalue weighted by atomic mass is 10.0. The van der Waals surface area contributed by atoms with Crippen molar-refractivity contribution in [1.29, 1.82) is 0 Å². The van der Waals surface area contributed by atoms with E-state index < -0.39 is 0 Å². The number of carbonyl (C=O) groups excluding carboxylic acids is 1. The van der Waals surface area contributed by atoms with Gasteiger partial charge in [0.25, 0.3) is 5.91 Å². The minimum atomic E-state index is -0.349. The van der Waals surface area contributed by atoms with Crippen molar-refractivity contribution in [3.05, 3.63) is 42.0 Å². The van der Waals surface area contributed by atoms with Gasteiger partial charge in [-0.1, -0.05) is 35.5 Å². The Hall–Kier alpha value is -2.76. The monoisotopic (exact) mass is 287 g/mol. The number of nitrogens with two attached hydrogens (primary N) is 1. The van der Waals surface area contributed by atoms with Gasteiger partial charge in [0, 0.05) is 18.4 Å². The number of phenols is 1. The summed E-state index contributed by atoms with van der Waals surface area (Å²) in [5, 5.41) is 25.6. The first kappa shape index (κ1) is 14.6. The first-order chi connectivity index (χ1) is 10.1. The molecule has 0 saturated heterocycles. The highest BCUT2D eigenvalue weighted by Gasteiger charge is 2.13. The molecule has 0 heterocycles. The minimum Gasteiger partial charge on any atom is -0.506 e. The number of phenolic OH excluding ortho intramolecular Hbond substituents is 1. The van der Waals surface area contributed by atoms with Gasteiger partial charge in [0.1, 0.15) is 11.6 Å². The number of amidine groups is 1. The lowest BCUT2D eigenvalue weighted by molar-refractivity contribution is 0.0951. The maximum absolute atomic E-state index is 12.0. The number of rotatable bonds is 5. The number of carbonyl (C=O) groups is 1. The molecule has 0 aromatic heterocycles. The quantitative estimate of drug-likeness (QED) is 0.221. The maximum Gasteiger partial charge on any atom is 0.255 e. The number of amides is 1. The second-order valence-corrected chi connectivity index (χ2v) is 4.63. The number of fused-ring (bicyclic) bond motifs is 1. The Kier molecular flexibility index (Phi) is 4.61. The van der Waals surface area contributed by atoms with E-state index in [9.17, 15) is 9.90 Å². The summed E-state index contributed by atoms with van der Waals surface area (Å²) in [5.74, 6) is -0.252. The van der Waals surface area contributed by atoms with Gasteiger partial charge in [0.2, 0.25) is 0 Å². The summed E-state index contributed by atoms with van der Waals surface area (Å²) in [7, 11) is 0. The van der Waals surface area contributed by atoms with E-state index in [-0.39, 0.29) is 23.1 Å². The van der Waals surface area contributed by atoms with Gasteiger partial charge in [-0.2, -0.15) is 0 Å². The maximum atomic E-state index is 12.0. The standard InChI is InChI=1S/C15H17N3O3/c16-13(18-21)6-3-9-17-15(20)12-8-7-10-4-1-2-5-11(10)14(12)19/h1-2,4-5,7-8,19,21H,3,6,9H2,(H2,16,18)(H,17,20). The van der Waals surface area contributed by atoms with Crippen molar-refractivity contribution in [1.82, 2.24) is 5.32 Å². The normalized spacial score (nSPS) is 11.5. The number of aromatic hydroxyl groups is 1. The highest BCUT2D eigenvalue weighted by atomic mass is 16.4. The Morgan fingerprint density at radius 3 is 2.76 bits per heavy atom. The molecule has 6 heteroatoms. The van der Waals surface area contributed by atoms with Crippen LogP contribution in [-0.4, -0.2) is 28.6 Å². The van der Waals surface area contributed by atoms with Gasteiger partial charge in [-0.15, -0.1) is 0 Å². The van der Waals surface area contributed by atoms with Gasteiger partial charge >= 0.3 is 0 Å². The minimum absolute atomic E-state index is 0.0259. The predicted octanol–water partition coefficient (Wildman–Crippen LogP) is 1.80. The van der Waals surface area contributed by atoms with E-state index in [0.29, 0.717) is 24.8 Å². The van der Waals surface area contributed by atoms with E-state index in [2.05, 4.69) is 10.5 Å². The highest BCUT2D eigenvalue weighted by Crippen LogP contribution is 2.28. The molecule has 0 radical (unpaired) electrons. The molecule has 0 unspecified atom stereocenters. The molecule has 21 heavy (non-hydrogen) atoms. The number of nitrogens with zero attached hydrogens (tertiary/aromatic N) is 1. The van der Waals surface area contributed by atoms with E-state index >= 15 is 0 Å². The van der Waals surface area contributed by atoms with Crippen LogP contribution in [0.25, 0.3) is 10.8 Å². The van der Waals surface area contributed by atoms with Crippen LogP contribution in [0, 0.1) is 0 Å².